The lowest BCUT2D eigenvalue weighted by Crippen LogP contribution is -2.23. The maximum absolute atomic E-state index is 4.60. The van der Waals surface area contributed by atoms with Crippen molar-refractivity contribution in [3.8, 4) is 0 Å². The normalized spacial score (nSPS) is 14.4. The van der Waals surface area contributed by atoms with E-state index >= 15 is 0 Å². The van der Waals surface area contributed by atoms with Gasteiger partial charge in [0.05, 0.1) is 10.7 Å². The van der Waals surface area contributed by atoms with E-state index in [9.17, 15) is 0 Å². The standard InChI is InChI=1S/C14H19N3S/c1-9(13-5-7-15-8-6-13)16-10(2)14-11(3)18-12(4)17-14/h5-10,16H,1-4H3/t9-,10?/m0/s1. The Morgan fingerprint density at radius 2 is 1.78 bits per heavy atom. The number of nitrogens with one attached hydrogen (secondary N) is 1. The summed E-state index contributed by atoms with van der Waals surface area (Å²) < 4.78 is 0. The monoisotopic (exact) mass is 261 g/mol. The molecule has 0 radical (unpaired) electrons. The molecular formula is C14H19N3S. The molecule has 2 aromatic heterocycles. The quantitative estimate of drug-likeness (QED) is 0.914. The fourth-order valence-corrected chi connectivity index (χ4v) is 3.06. The van der Waals surface area contributed by atoms with Gasteiger partial charge in [0.2, 0.25) is 0 Å². The SMILES string of the molecule is Cc1nc(C(C)N[C@@H](C)c2ccncc2)c(C)s1. The van der Waals surface area contributed by atoms with Crippen LogP contribution < -0.4 is 5.32 Å². The van der Waals surface area contributed by atoms with Gasteiger partial charge in [-0.05, 0) is 45.4 Å². The molecule has 0 fully saturated rings. The number of thiazole rings is 1. The lowest BCUT2D eigenvalue weighted by Gasteiger charge is -2.19. The second-order valence-electron chi connectivity index (χ2n) is 4.56. The highest BCUT2D eigenvalue weighted by atomic mass is 32.1. The largest absolute Gasteiger partial charge is 0.302 e. The van der Waals surface area contributed by atoms with Crippen molar-refractivity contribution in [2.24, 2.45) is 0 Å². The predicted octanol–water partition coefficient (Wildman–Crippen LogP) is 3.57. The molecule has 0 saturated heterocycles. The minimum absolute atomic E-state index is 0.262. The summed E-state index contributed by atoms with van der Waals surface area (Å²) >= 11 is 1.76. The van der Waals surface area contributed by atoms with E-state index in [4.69, 9.17) is 0 Å². The molecule has 0 spiro atoms. The van der Waals surface area contributed by atoms with Gasteiger partial charge in [-0.25, -0.2) is 4.98 Å². The van der Waals surface area contributed by atoms with Gasteiger partial charge in [-0.15, -0.1) is 11.3 Å². The Bertz CT molecular complexity index is 507. The van der Waals surface area contributed by atoms with Gasteiger partial charge in [0.25, 0.3) is 0 Å². The van der Waals surface area contributed by atoms with E-state index in [-0.39, 0.29) is 6.04 Å². The first-order valence-electron chi connectivity index (χ1n) is 6.18. The van der Waals surface area contributed by atoms with Crippen molar-refractivity contribution >= 4 is 11.3 Å². The molecule has 0 aliphatic heterocycles. The number of aromatic nitrogens is 2. The first kappa shape index (κ1) is 13.2. The van der Waals surface area contributed by atoms with Crippen molar-refractivity contribution in [2.75, 3.05) is 0 Å². The van der Waals surface area contributed by atoms with E-state index < -0.39 is 0 Å². The topological polar surface area (TPSA) is 37.8 Å². The molecule has 3 nitrogen and oxygen atoms in total. The highest BCUT2D eigenvalue weighted by molar-refractivity contribution is 7.11. The van der Waals surface area contributed by atoms with Crippen molar-refractivity contribution in [3.05, 3.63) is 45.7 Å². The summed E-state index contributed by atoms with van der Waals surface area (Å²) in [4.78, 5) is 9.95. The summed E-state index contributed by atoms with van der Waals surface area (Å²) in [6, 6.07) is 4.65. The van der Waals surface area contributed by atoms with Crippen LogP contribution in [-0.2, 0) is 0 Å². The Hall–Kier alpha value is -1.26. The second-order valence-corrected chi connectivity index (χ2v) is 5.97. The smallest absolute Gasteiger partial charge is 0.0900 e. The van der Waals surface area contributed by atoms with E-state index in [2.05, 4.69) is 43.0 Å². The van der Waals surface area contributed by atoms with Crippen LogP contribution in [0.2, 0.25) is 0 Å². The third-order valence-electron chi connectivity index (χ3n) is 3.06. The fraction of sp³-hybridized carbons (Fsp3) is 0.429. The highest BCUT2D eigenvalue weighted by Crippen LogP contribution is 2.24. The van der Waals surface area contributed by atoms with Gasteiger partial charge in [0.15, 0.2) is 0 Å². The summed E-state index contributed by atoms with van der Waals surface area (Å²) in [5, 5.41) is 4.72. The number of rotatable bonds is 4. The lowest BCUT2D eigenvalue weighted by atomic mass is 10.1. The molecule has 0 saturated carbocycles. The number of hydrogen-bond donors (Lipinski definition) is 1. The summed E-state index contributed by atoms with van der Waals surface area (Å²) in [6.07, 6.45) is 3.66. The molecule has 2 rings (SSSR count). The highest BCUT2D eigenvalue weighted by Gasteiger charge is 2.15. The van der Waals surface area contributed by atoms with Crippen LogP contribution in [0.4, 0.5) is 0 Å². The van der Waals surface area contributed by atoms with Crippen molar-refractivity contribution in [1.82, 2.24) is 15.3 Å². The summed E-state index contributed by atoms with van der Waals surface area (Å²) in [5.74, 6) is 0. The van der Waals surface area contributed by atoms with Crippen LogP contribution in [0.15, 0.2) is 24.5 Å². The predicted molar refractivity (Wildman–Crippen MR) is 75.8 cm³/mol. The van der Waals surface area contributed by atoms with Gasteiger partial charge in [-0.3, -0.25) is 4.98 Å². The molecule has 96 valence electrons. The molecule has 0 aromatic carbocycles. The molecule has 1 N–H and O–H groups in total. The molecule has 0 amide bonds. The van der Waals surface area contributed by atoms with E-state index in [1.807, 2.05) is 24.5 Å². The average molecular weight is 261 g/mol. The van der Waals surface area contributed by atoms with Crippen LogP contribution in [0.5, 0.6) is 0 Å². The molecule has 0 bridgehead atoms. The Morgan fingerprint density at radius 3 is 2.33 bits per heavy atom. The third-order valence-corrected chi connectivity index (χ3v) is 3.96. The van der Waals surface area contributed by atoms with Gasteiger partial charge in [0, 0.05) is 29.4 Å². The Labute approximate surface area is 112 Å². The van der Waals surface area contributed by atoms with Crippen LogP contribution in [0.25, 0.3) is 0 Å². The van der Waals surface area contributed by atoms with Gasteiger partial charge in [0.1, 0.15) is 0 Å². The Morgan fingerprint density at radius 1 is 1.11 bits per heavy atom. The first-order valence-corrected chi connectivity index (χ1v) is 6.99. The Kier molecular flexibility index (Phi) is 4.09. The van der Waals surface area contributed by atoms with E-state index in [1.165, 1.54) is 16.1 Å². The fourth-order valence-electron chi connectivity index (χ4n) is 2.15. The van der Waals surface area contributed by atoms with Crippen LogP contribution in [0, 0.1) is 13.8 Å². The van der Waals surface area contributed by atoms with Crippen molar-refractivity contribution in [2.45, 2.75) is 39.8 Å². The van der Waals surface area contributed by atoms with Crippen molar-refractivity contribution in [1.29, 1.82) is 0 Å². The minimum Gasteiger partial charge on any atom is -0.302 e. The molecule has 18 heavy (non-hydrogen) atoms. The van der Waals surface area contributed by atoms with E-state index in [0.717, 1.165) is 5.01 Å². The van der Waals surface area contributed by atoms with Gasteiger partial charge < -0.3 is 5.32 Å². The zero-order valence-electron chi connectivity index (χ0n) is 11.3. The Balaban J connectivity index is 2.08. The maximum Gasteiger partial charge on any atom is 0.0900 e. The molecule has 2 heterocycles. The zero-order chi connectivity index (χ0) is 13.1. The molecular weight excluding hydrogens is 242 g/mol. The number of aryl methyl sites for hydroxylation is 2. The summed E-state index contributed by atoms with van der Waals surface area (Å²) in [5.41, 5.74) is 2.42. The van der Waals surface area contributed by atoms with Gasteiger partial charge >= 0.3 is 0 Å². The first-order chi connectivity index (χ1) is 8.58. The van der Waals surface area contributed by atoms with Crippen molar-refractivity contribution < 1.29 is 0 Å². The number of pyridine rings is 1. The third kappa shape index (κ3) is 2.94. The molecule has 1 unspecified atom stereocenters. The van der Waals surface area contributed by atoms with Crippen molar-refractivity contribution in [3.63, 3.8) is 0 Å². The molecule has 0 aliphatic rings. The molecule has 2 atom stereocenters. The zero-order valence-corrected chi connectivity index (χ0v) is 12.1. The molecule has 4 heteroatoms. The van der Waals surface area contributed by atoms with Gasteiger partial charge in [-0.1, -0.05) is 0 Å². The van der Waals surface area contributed by atoms with Crippen LogP contribution in [0.1, 0.15) is 47.1 Å². The van der Waals surface area contributed by atoms with E-state index in [0.29, 0.717) is 6.04 Å². The van der Waals surface area contributed by atoms with E-state index in [1.54, 1.807) is 11.3 Å². The summed E-state index contributed by atoms with van der Waals surface area (Å²) in [7, 11) is 0. The number of nitrogens with zero attached hydrogens (tertiary/aromatic N) is 2. The average Bonchev–Trinajstić information content (AvgIpc) is 2.69. The molecule has 0 aliphatic carbocycles. The van der Waals surface area contributed by atoms with Crippen LogP contribution in [-0.4, -0.2) is 9.97 Å². The lowest BCUT2D eigenvalue weighted by molar-refractivity contribution is 0.486. The number of hydrogen-bond acceptors (Lipinski definition) is 4. The summed E-state index contributed by atoms with van der Waals surface area (Å²) in [6.45, 7) is 8.52. The second kappa shape index (κ2) is 5.59. The maximum atomic E-state index is 4.60. The van der Waals surface area contributed by atoms with Gasteiger partial charge in [-0.2, -0.15) is 0 Å². The molecule has 2 aromatic rings. The minimum atomic E-state index is 0.262. The van der Waals surface area contributed by atoms with Crippen LogP contribution in [0.3, 0.4) is 0 Å². The van der Waals surface area contributed by atoms with Crippen LogP contribution >= 0.6 is 11.3 Å².